The molecule has 1 aliphatic rings. The van der Waals surface area contributed by atoms with Crippen LogP contribution in [0.2, 0.25) is 0 Å². The second kappa shape index (κ2) is 14.3. The van der Waals surface area contributed by atoms with Crippen LogP contribution in [-0.2, 0) is 23.3 Å². The number of imidazole rings is 1. The van der Waals surface area contributed by atoms with Crippen LogP contribution < -0.4 is 20.7 Å². The number of aromatic nitrogens is 5. The second-order valence-electron chi connectivity index (χ2n) is 13.4. The van der Waals surface area contributed by atoms with E-state index in [1.807, 2.05) is 61.7 Å². The number of aromatic amines is 1. The first-order valence-electron chi connectivity index (χ1n) is 17.2. The second-order valence-corrected chi connectivity index (χ2v) is 15.5. The normalized spacial score (nSPS) is 13.0. The maximum atomic E-state index is 12.5. The SMILES string of the molecule is CN(CCOC(=O)NCc1ccc(COc2nc(N)nc3nc[nH]c23)cc1)c1ccc2c(c1)C(C)(C)c1cc(/C=C(\C#N)c3nc4ccccc4s3)sc1-2. The zero-order valence-electron chi connectivity index (χ0n) is 29.7. The average molecular weight is 754 g/mol. The number of hydrogen-bond acceptors (Lipinski definition) is 12. The van der Waals surface area contributed by atoms with Gasteiger partial charge in [-0.25, -0.2) is 14.8 Å². The highest BCUT2D eigenvalue weighted by Crippen LogP contribution is 2.53. The molecule has 0 fully saturated rings. The lowest BCUT2D eigenvalue weighted by Gasteiger charge is -2.24. The van der Waals surface area contributed by atoms with Gasteiger partial charge in [0, 0.05) is 34.4 Å². The Morgan fingerprint density at radius 3 is 2.67 bits per heavy atom. The smallest absolute Gasteiger partial charge is 0.407 e. The van der Waals surface area contributed by atoms with Gasteiger partial charge in [-0.1, -0.05) is 56.3 Å². The number of nitrogens with two attached hydrogens (primary N) is 1. The molecule has 0 aliphatic heterocycles. The van der Waals surface area contributed by atoms with Crippen molar-refractivity contribution in [1.29, 1.82) is 5.26 Å². The number of benzene rings is 3. The monoisotopic (exact) mass is 753 g/mol. The summed E-state index contributed by atoms with van der Waals surface area (Å²) in [5.74, 6) is 0.426. The van der Waals surface area contributed by atoms with Gasteiger partial charge in [-0.3, -0.25) is 0 Å². The number of carbonyl (C=O) groups excluding carboxylic acids is 1. The third kappa shape index (κ3) is 6.82. The number of rotatable bonds is 11. The van der Waals surface area contributed by atoms with Crippen molar-refractivity contribution in [3.8, 4) is 22.4 Å². The lowest BCUT2D eigenvalue weighted by atomic mass is 9.82. The number of H-pyrrole nitrogens is 1. The van der Waals surface area contributed by atoms with Crippen molar-refractivity contribution in [2.75, 3.05) is 30.8 Å². The molecular formula is C40H35N9O3S2. The van der Waals surface area contributed by atoms with E-state index >= 15 is 0 Å². The largest absolute Gasteiger partial charge is 0.471 e. The molecule has 7 aromatic rings. The Balaban J connectivity index is 0.836. The van der Waals surface area contributed by atoms with Crippen LogP contribution in [0.5, 0.6) is 5.88 Å². The zero-order valence-corrected chi connectivity index (χ0v) is 31.3. The number of likely N-dealkylation sites (N-methyl/N-ethyl adjacent to an activating group) is 1. The topological polar surface area (TPSA) is 168 Å². The van der Waals surface area contributed by atoms with E-state index in [0.717, 1.165) is 36.9 Å². The van der Waals surface area contributed by atoms with Crippen molar-refractivity contribution in [3.63, 3.8) is 0 Å². The summed E-state index contributed by atoms with van der Waals surface area (Å²) < 4.78 is 12.4. The molecule has 54 heavy (non-hydrogen) atoms. The number of anilines is 2. The molecular weight excluding hydrogens is 719 g/mol. The zero-order chi connectivity index (χ0) is 37.4. The number of nitrogen functional groups attached to an aromatic ring is 1. The van der Waals surface area contributed by atoms with E-state index in [4.69, 9.17) is 20.2 Å². The van der Waals surface area contributed by atoms with Crippen molar-refractivity contribution < 1.29 is 14.3 Å². The maximum Gasteiger partial charge on any atom is 0.407 e. The Kier molecular flexibility index (Phi) is 9.18. The van der Waals surface area contributed by atoms with E-state index in [2.05, 4.69) is 74.3 Å². The fourth-order valence-corrected chi connectivity index (χ4v) is 8.74. The minimum absolute atomic E-state index is 0.0904. The molecule has 270 valence electrons. The van der Waals surface area contributed by atoms with Crippen LogP contribution in [0.1, 0.15) is 46.0 Å². The van der Waals surface area contributed by atoms with Gasteiger partial charge in [0.2, 0.25) is 11.8 Å². The van der Waals surface area contributed by atoms with E-state index in [1.54, 1.807) is 11.3 Å². The number of nitriles is 1. The summed E-state index contributed by atoms with van der Waals surface area (Å²) in [7, 11) is 2.00. The molecule has 0 spiro atoms. The Labute approximate surface area is 319 Å². The van der Waals surface area contributed by atoms with E-state index in [1.165, 1.54) is 39.2 Å². The van der Waals surface area contributed by atoms with Crippen molar-refractivity contribution in [1.82, 2.24) is 30.2 Å². The molecule has 4 heterocycles. The molecule has 0 unspecified atom stereocenters. The Hall–Kier alpha value is -6.30. The number of alkyl carbamates (subject to hydrolysis) is 1. The van der Waals surface area contributed by atoms with Gasteiger partial charge in [0.25, 0.3) is 0 Å². The van der Waals surface area contributed by atoms with E-state index in [0.29, 0.717) is 35.7 Å². The van der Waals surface area contributed by atoms with Crippen LogP contribution in [0.3, 0.4) is 0 Å². The standard InChI is InChI=1S/C40H35N9O3S2/c1-40(2)29-17-26(12-13-28(29)34-30(40)18-27(53-34)16-25(19-41)37-46-31-6-4-5-7-32(31)54-37)49(3)14-15-51-39(50)43-20-23-8-10-24(11-9-23)21-52-36-33-35(45-22-44-33)47-38(42)48-36/h4-13,16-18,22H,14-15,20-21H2,1-3H3,(H,43,50)(H3,42,44,45,47,48)/b25-16+. The number of thiophene rings is 1. The third-order valence-corrected chi connectivity index (χ3v) is 11.7. The summed E-state index contributed by atoms with van der Waals surface area (Å²) in [4.78, 5) is 36.9. The van der Waals surface area contributed by atoms with E-state index in [9.17, 15) is 10.1 Å². The summed E-state index contributed by atoms with van der Waals surface area (Å²) in [6.45, 7) is 5.85. The number of hydrogen-bond donors (Lipinski definition) is 3. The molecule has 4 aromatic heterocycles. The quantitative estimate of drug-likeness (QED) is 0.110. The Morgan fingerprint density at radius 2 is 1.85 bits per heavy atom. The molecule has 0 radical (unpaired) electrons. The van der Waals surface area contributed by atoms with Crippen LogP contribution in [0.25, 0.3) is 43.5 Å². The molecule has 14 heteroatoms. The van der Waals surface area contributed by atoms with Crippen molar-refractivity contribution in [3.05, 3.63) is 111 Å². The number of para-hydroxylation sites is 1. The van der Waals surface area contributed by atoms with Gasteiger partial charge in [0.1, 0.15) is 29.8 Å². The van der Waals surface area contributed by atoms with Gasteiger partial charge in [-0.05, 0) is 64.2 Å². The summed E-state index contributed by atoms with van der Waals surface area (Å²) in [6, 6.07) is 26.7. The number of allylic oxidation sites excluding steroid dienone is 1. The fraction of sp³-hybridized carbons (Fsp3) is 0.200. The lowest BCUT2D eigenvalue weighted by Crippen LogP contribution is -2.29. The first kappa shape index (κ1) is 34.8. The number of carbonyl (C=O) groups is 1. The molecule has 0 saturated carbocycles. The van der Waals surface area contributed by atoms with Gasteiger partial charge in [0.05, 0.1) is 28.7 Å². The van der Waals surface area contributed by atoms with Crippen LogP contribution in [0.15, 0.2) is 79.1 Å². The number of ether oxygens (including phenoxy) is 2. The Bertz CT molecular complexity index is 2570. The van der Waals surface area contributed by atoms with Gasteiger partial charge < -0.3 is 30.4 Å². The van der Waals surface area contributed by atoms with Crippen LogP contribution >= 0.6 is 22.7 Å². The van der Waals surface area contributed by atoms with Crippen LogP contribution in [0, 0.1) is 11.3 Å². The lowest BCUT2D eigenvalue weighted by molar-refractivity contribution is 0.148. The molecule has 0 bridgehead atoms. The number of nitrogens with one attached hydrogen (secondary N) is 2. The van der Waals surface area contributed by atoms with Crippen LogP contribution in [0.4, 0.5) is 16.4 Å². The van der Waals surface area contributed by atoms with Gasteiger partial charge >= 0.3 is 6.09 Å². The molecule has 0 atom stereocenters. The van der Waals surface area contributed by atoms with E-state index in [-0.39, 0.29) is 24.6 Å². The molecule has 0 saturated heterocycles. The number of nitrogens with zero attached hydrogens (tertiary/aromatic N) is 6. The minimum atomic E-state index is -0.479. The fourth-order valence-electron chi connectivity index (χ4n) is 6.51. The molecule has 3 aromatic carbocycles. The maximum absolute atomic E-state index is 12.5. The van der Waals surface area contributed by atoms with E-state index < -0.39 is 6.09 Å². The number of fused-ring (bicyclic) bond motifs is 5. The van der Waals surface area contributed by atoms with Gasteiger partial charge in [-0.15, -0.1) is 22.7 Å². The first-order valence-corrected chi connectivity index (χ1v) is 18.9. The van der Waals surface area contributed by atoms with Gasteiger partial charge in [0.15, 0.2) is 5.65 Å². The summed E-state index contributed by atoms with van der Waals surface area (Å²) in [6.07, 6.45) is 2.99. The first-order chi connectivity index (χ1) is 26.2. The number of amides is 1. The summed E-state index contributed by atoms with van der Waals surface area (Å²) in [5.41, 5.74) is 14.7. The molecule has 1 amide bonds. The molecule has 4 N–H and O–H groups in total. The van der Waals surface area contributed by atoms with Crippen molar-refractivity contribution in [2.45, 2.75) is 32.4 Å². The summed E-state index contributed by atoms with van der Waals surface area (Å²) >= 11 is 3.24. The highest BCUT2D eigenvalue weighted by atomic mass is 32.1. The van der Waals surface area contributed by atoms with Crippen molar-refractivity contribution >= 4 is 73.4 Å². The molecule has 1 aliphatic carbocycles. The summed E-state index contributed by atoms with van der Waals surface area (Å²) in [5, 5.41) is 13.6. The van der Waals surface area contributed by atoms with Gasteiger partial charge in [-0.2, -0.15) is 15.2 Å². The Morgan fingerprint density at radius 1 is 1.04 bits per heavy atom. The minimum Gasteiger partial charge on any atom is -0.471 e. The molecule has 12 nitrogen and oxygen atoms in total. The predicted octanol–water partition coefficient (Wildman–Crippen LogP) is 7.92. The highest BCUT2D eigenvalue weighted by molar-refractivity contribution is 7.19. The van der Waals surface area contributed by atoms with Crippen LogP contribution in [-0.4, -0.2) is 51.2 Å². The predicted molar refractivity (Wildman–Crippen MR) is 213 cm³/mol. The number of thiazole rings is 1. The average Bonchev–Trinajstić information content (AvgIpc) is 3.96. The van der Waals surface area contributed by atoms with Crippen molar-refractivity contribution in [2.24, 2.45) is 0 Å². The third-order valence-electron chi connectivity index (χ3n) is 9.48. The highest BCUT2D eigenvalue weighted by Gasteiger charge is 2.37. The molecule has 8 rings (SSSR count).